The van der Waals surface area contributed by atoms with Crippen molar-refractivity contribution in [1.82, 2.24) is 0 Å². The third-order valence-corrected chi connectivity index (χ3v) is 4.52. The van der Waals surface area contributed by atoms with Gasteiger partial charge in [0.25, 0.3) is 0 Å². The lowest BCUT2D eigenvalue weighted by molar-refractivity contribution is 0.619. The maximum Gasteiger partial charge on any atom is 0.196 e. The van der Waals surface area contributed by atoms with Gasteiger partial charge in [0, 0.05) is 9.75 Å². The van der Waals surface area contributed by atoms with Crippen LogP contribution in [0.15, 0.2) is 35.3 Å². The van der Waals surface area contributed by atoms with E-state index in [1.54, 1.807) is 28.4 Å². The SMILES string of the molecule is Cc1cc(C2CN=C(N)N2c2ccccc2F)c(C)s1. The van der Waals surface area contributed by atoms with Crippen molar-refractivity contribution >= 4 is 23.0 Å². The van der Waals surface area contributed by atoms with Gasteiger partial charge in [-0.05, 0) is 37.6 Å². The molecule has 1 unspecified atom stereocenters. The monoisotopic (exact) mass is 289 g/mol. The van der Waals surface area contributed by atoms with Gasteiger partial charge in [-0.2, -0.15) is 0 Å². The predicted molar refractivity (Wildman–Crippen MR) is 81.9 cm³/mol. The number of nitrogens with two attached hydrogens (primary N) is 1. The number of nitrogens with zero attached hydrogens (tertiary/aromatic N) is 2. The Kier molecular flexibility index (Phi) is 3.22. The Morgan fingerprint density at radius 2 is 2.10 bits per heavy atom. The van der Waals surface area contributed by atoms with E-state index < -0.39 is 0 Å². The number of hydrogen-bond donors (Lipinski definition) is 1. The molecule has 1 aromatic heterocycles. The van der Waals surface area contributed by atoms with Gasteiger partial charge in [0.05, 0.1) is 18.3 Å². The normalized spacial score (nSPS) is 18.4. The van der Waals surface area contributed by atoms with Crippen LogP contribution in [-0.4, -0.2) is 12.5 Å². The van der Waals surface area contributed by atoms with Gasteiger partial charge in [-0.15, -0.1) is 11.3 Å². The van der Waals surface area contributed by atoms with E-state index in [2.05, 4.69) is 24.9 Å². The van der Waals surface area contributed by atoms with Crippen LogP contribution in [-0.2, 0) is 0 Å². The number of halogens is 1. The molecule has 1 aliphatic heterocycles. The van der Waals surface area contributed by atoms with Gasteiger partial charge in [0.15, 0.2) is 5.96 Å². The van der Waals surface area contributed by atoms with E-state index in [1.165, 1.54) is 21.4 Å². The van der Waals surface area contributed by atoms with Crippen molar-refractivity contribution in [2.24, 2.45) is 10.7 Å². The summed E-state index contributed by atoms with van der Waals surface area (Å²) in [6, 6.07) is 8.81. The summed E-state index contributed by atoms with van der Waals surface area (Å²) in [6.45, 7) is 4.73. The molecular weight excluding hydrogens is 273 g/mol. The van der Waals surface area contributed by atoms with Crippen LogP contribution >= 0.6 is 11.3 Å². The van der Waals surface area contributed by atoms with Gasteiger partial charge < -0.3 is 10.6 Å². The second-order valence-corrected chi connectivity index (χ2v) is 6.37. The zero-order valence-corrected chi connectivity index (χ0v) is 12.2. The zero-order valence-electron chi connectivity index (χ0n) is 11.4. The molecule has 0 amide bonds. The van der Waals surface area contributed by atoms with Crippen molar-refractivity contribution in [3.05, 3.63) is 51.5 Å². The van der Waals surface area contributed by atoms with Gasteiger partial charge in [0.2, 0.25) is 0 Å². The van der Waals surface area contributed by atoms with Crippen LogP contribution in [0.2, 0.25) is 0 Å². The molecule has 2 heterocycles. The number of para-hydroxylation sites is 1. The third kappa shape index (κ3) is 2.08. The number of benzene rings is 1. The number of hydrogen-bond acceptors (Lipinski definition) is 4. The average molecular weight is 289 g/mol. The van der Waals surface area contributed by atoms with Crippen LogP contribution in [0, 0.1) is 19.7 Å². The molecule has 5 heteroatoms. The quantitative estimate of drug-likeness (QED) is 0.921. The molecule has 0 radical (unpaired) electrons. The van der Waals surface area contributed by atoms with E-state index >= 15 is 0 Å². The first-order chi connectivity index (χ1) is 9.58. The molecule has 2 N–H and O–H groups in total. The lowest BCUT2D eigenvalue weighted by atomic mass is 10.1. The van der Waals surface area contributed by atoms with Gasteiger partial charge in [-0.3, -0.25) is 4.99 Å². The molecule has 1 aromatic carbocycles. The van der Waals surface area contributed by atoms with Crippen LogP contribution in [0.5, 0.6) is 0 Å². The summed E-state index contributed by atoms with van der Waals surface area (Å²) >= 11 is 1.75. The number of rotatable bonds is 2. The van der Waals surface area contributed by atoms with E-state index in [0.717, 1.165) is 0 Å². The van der Waals surface area contributed by atoms with Gasteiger partial charge in [-0.1, -0.05) is 12.1 Å². The summed E-state index contributed by atoms with van der Waals surface area (Å²) in [6.07, 6.45) is 0. The number of aliphatic imine (C=N–C) groups is 1. The fraction of sp³-hybridized carbons (Fsp3) is 0.267. The van der Waals surface area contributed by atoms with Crippen molar-refractivity contribution in [3.63, 3.8) is 0 Å². The van der Waals surface area contributed by atoms with Crippen LogP contribution in [0.25, 0.3) is 0 Å². The van der Waals surface area contributed by atoms with E-state index in [-0.39, 0.29) is 11.9 Å². The highest BCUT2D eigenvalue weighted by molar-refractivity contribution is 7.12. The first kappa shape index (κ1) is 13.1. The lowest BCUT2D eigenvalue weighted by Crippen LogP contribution is -2.36. The maximum atomic E-state index is 14.1. The molecule has 0 saturated heterocycles. The molecular formula is C15H16FN3S. The molecule has 2 aromatic rings. The lowest BCUT2D eigenvalue weighted by Gasteiger charge is -2.26. The van der Waals surface area contributed by atoms with E-state index in [1.807, 2.05) is 6.07 Å². The first-order valence-corrected chi connectivity index (χ1v) is 7.30. The van der Waals surface area contributed by atoms with Crippen LogP contribution in [0.3, 0.4) is 0 Å². The second-order valence-electron chi connectivity index (χ2n) is 4.90. The standard InChI is InChI=1S/C15H16FN3S/c1-9-7-11(10(2)20-9)14-8-18-15(17)19(14)13-6-4-3-5-12(13)16/h3-7,14H,8H2,1-2H3,(H2,17,18). The number of anilines is 1. The molecule has 1 atom stereocenters. The summed E-state index contributed by atoms with van der Waals surface area (Å²) in [7, 11) is 0. The summed E-state index contributed by atoms with van der Waals surface area (Å²) in [5.41, 5.74) is 7.64. The summed E-state index contributed by atoms with van der Waals surface area (Å²) in [5, 5.41) is 0. The molecule has 3 rings (SSSR count). The Morgan fingerprint density at radius 3 is 2.75 bits per heavy atom. The average Bonchev–Trinajstić information content (AvgIpc) is 2.93. The molecule has 0 spiro atoms. The highest BCUT2D eigenvalue weighted by Crippen LogP contribution is 2.36. The van der Waals surface area contributed by atoms with Crippen molar-refractivity contribution in [3.8, 4) is 0 Å². The Balaban J connectivity index is 2.05. The fourth-order valence-corrected chi connectivity index (χ4v) is 3.64. The highest BCUT2D eigenvalue weighted by atomic mass is 32.1. The summed E-state index contributed by atoms with van der Waals surface area (Å²) in [4.78, 5) is 8.58. The minimum Gasteiger partial charge on any atom is -0.369 e. The Bertz CT molecular complexity index is 678. The topological polar surface area (TPSA) is 41.6 Å². The molecule has 104 valence electrons. The molecule has 0 aliphatic carbocycles. The fourth-order valence-electron chi connectivity index (χ4n) is 2.65. The molecule has 1 aliphatic rings. The zero-order chi connectivity index (χ0) is 14.3. The minimum absolute atomic E-state index is 0.0168. The van der Waals surface area contributed by atoms with Crippen LogP contribution < -0.4 is 10.6 Å². The van der Waals surface area contributed by atoms with Crippen LogP contribution in [0.4, 0.5) is 10.1 Å². The van der Waals surface area contributed by atoms with Crippen molar-refractivity contribution in [1.29, 1.82) is 0 Å². The van der Waals surface area contributed by atoms with Crippen molar-refractivity contribution < 1.29 is 4.39 Å². The number of aryl methyl sites for hydroxylation is 2. The Morgan fingerprint density at radius 1 is 1.35 bits per heavy atom. The Hall–Kier alpha value is -1.88. The molecule has 20 heavy (non-hydrogen) atoms. The van der Waals surface area contributed by atoms with Gasteiger partial charge in [-0.25, -0.2) is 4.39 Å². The van der Waals surface area contributed by atoms with Gasteiger partial charge in [0.1, 0.15) is 5.82 Å². The highest BCUT2D eigenvalue weighted by Gasteiger charge is 2.32. The smallest absolute Gasteiger partial charge is 0.196 e. The summed E-state index contributed by atoms with van der Waals surface area (Å²) in [5.74, 6) is 0.102. The molecule has 3 nitrogen and oxygen atoms in total. The predicted octanol–water partition coefficient (Wildman–Crippen LogP) is 3.38. The van der Waals surface area contributed by atoms with Gasteiger partial charge >= 0.3 is 0 Å². The van der Waals surface area contributed by atoms with E-state index in [0.29, 0.717) is 18.2 Å². The third-order valence-electron chi connectivity index (χ3n) is 3.54. The van der Waals surface area contributed by atoms with E-state index in [9.17, 15) is 4.39 Å². The second kappa shape index (κ2) is 4.90. The minimum atomic E-state index is -0.276. The molecule has 0 fully saturated rings. The summed E-state index contributed by atoms with van der Waals surface area (Å²) < 4.78 is 14.1. The Labute approximate surface area is 121 Å². The largest absolute Gasteiger partial charge is 0.369 e. The number of thiophene rings is 1. The van der Waals surface area contributed by atoms with Crippen molar-refractivity contribution in [2.75, 3.05) is 11.4 Å². The number of guanidine groups is 1. The van der Waals surface area contributed by atoms with Crippen molar-refractivity contribution in [2.45, 2.75) is 19.9 Å². The first-order valence-electron chi connectivity index (χ1n) is 6.48. The van der Waals surface area contributed by atoms with Crippen LogP contribution in [0.1, 0.15) is 21.4 Å². The molecule has 0 saturated carbocycles. The van der Waals surface area contributed by atoms with E-state index in [4.69, 9.17) is 5.73 Å². The maximum absolute atomic E-state index is 14.1. The molecule has 0 bridgehead atoms.